The largest absolute Gasteiger partial charge is 0.506 e. The van der Waals surface area contributed by atoms with E-state index < -0.39 is 5.97 Å². The highest BCUT2D eigenvalue weighted by atomic mass is 16.5. The Morgan fingerprint density at radius 3 is 2.37 bits per heavy atom. The summed E-state index contributed by atoms with van der Waals surface area (Å²) in [7, 11) is 0. The fourth-order valence-corrected chi connectivity index (χ4v) is 3.12. The molecule has 27 heavy (non-hydrogen) atoms. The molecule has 0 aliphatic rings. The van der Waals surface area contributed by atoms with Crippen LogP contribution in [-0.4, -0.2) is 17.7 Å². The second-order valence-electron chi connectivity index (χ2n) is 6.34. The van der Waals surface area contributed by atoms with E-state index in [4.69, 9.17) is 4.74 Å². The molecule has 0 saturated carbocycles. The Hall–Kier alpha value is -3.27. The molecule has 0 unspecified atom stereocenters. The first-order chi connectivity index (χ1) is 13.0. The number of hydrogen-bond acceptors (Lipinski definition) is 4. The van der Waals surface area contributed by atoms with Crippen molar-refractivity contribution in [3.8, 4) is 16.9 Å². The van der Waals surface area contributed by atoms with E-state index in [-0.39, 0.29) is 12.4 Å². The summed E-state index contributed by atoms with van der Waals surface area (Å²) in [6.07, 6.45) is 0. The highest BCUT2D eigenvalue weighted by Crippen LogP contribution is 2.39. The Kier molecular flexibility index (Phi) is 5.46. The molecule has 0 fully saturated rings. The molecule has 0 saturated heterocycles. The first kappa shape index (κ1) is 18.5. The molecular weight excluding hydrogens is 338 g/mol. The zero-order valence-electron chi connectivity index (χ0n) is 15.7. The maximum atomic E-state index is 12.7. The Morgan fingerprint density at radius 1 is 1.04 bits per heavy atom. The predicted octanol–water partition coefficient (Wildman–Crippen LogP) is 5.60. The number of rotatable bonds is 5. The van der Waals surface area contributed by atoms with Crippen LogP contribution in [0.3, 0.4) is 0 Å². The number of hydrogen-bond donors (Lipinski definition) is 2. The molecule has 0 amide bonds. The van der Waals surface area contributed by atoms with Gasteiger partial charge in [-0.15, -0.1) is 0 Å². The summed E-state index contributed by atoms with van der Waals surface area (Å²) < 4.78 is 5.29. The molecule has 0 aliphatic heterocycles. The number of aryl methyl sites for hydroxylation is 1. The van der Waals surface area contributed by atoms with Gasteiger partial charge in [0.05, 0.1) is 17.9 Å². The van der Waals surface area contributed by atoms with E-state index in [2.05, 4.69) is 5.32 Å². The molecule has 3 aromatic rings. The monoisotopic (exact) mass is 361 g/mol. The third-order valence-electron chi connectivity index (χ3n) is 4.53. The summed E-state index contributed by atoms with van der Waals surface area (Å²) in [6, 6.07) is 18.9. The number of benzene rings is 3. The minimum atomic E-state index is -0.401. The van der Waals surface area contributed by atoms with Crippen molar-refractivity contribution in [3.05, 3.63) is 77.4 Å². The summed E-state index contributed by atoms with van der Waals surface area (Å²) in [5.41, 5.74) is 5.03. The number of phenolic OH excluding ortho intramolecular Hbond substituents is 1. The van der Waals surface area contributed by atoms with Gasteiger partial charge in [-0.1, -0.05) is 48.5 Å². The summed E-state index contributed by atoms with van der Waals surface area (Å²) in [6.45, 7) is 5.87. The lowest BCUT2D eigenvalue weighted by molar-refractivity contribution is 0.0526. The zero-order valence-corrected chi connectivity index (χ0v) is 15.7. The average Bonchev–Trinajstić information content (AvgIpc) is 2.67. The highest BCUT2D eigenvalue weighted by Gasteiger charge is 2.22. The molecule has 0 heterocycles. The number of anilines is 2. The van der Waals surface area contributed by atoms with Crippen LogP contribution in [0.2, 0.25) is 0 Å². The number of phenols is 1. The van der Waals surface area contributed by atoms with Gasteiger partial charge in [0.25, 0.3) is 0 Å². The van der Waals surface area contributed by atoms with E-state index in [0.29, 0.717) is 22.4 Å². The van der Waals surface area contributed by atoms with Gasteiger partial charge in [-0.2, -0.15) is 0 Å². The molecule has 4 heteroatoms. The first-order valence-electron chi connectivity index (χ1n) is 8.94. The van der Waals surface area contributed by atoms with Crippen molar-refractivity contribution in [2.24, 2.45) is 0 Å². The normalized spacial score (nSPS) is 10.5. The van der Waals surface area contributed by atoms with Crippen LogP contribution < -0.4 is 5.32 Å². The van der Waals surface area contributed by atoms with Crippen LogP contribution in [0.1, 0.15) is 28.4 Å². The quantitative estimate of drug-likeness (QED) is 0.459. The summed E-state index contributed by atoms with van der Waals surface area (Å²) in [4.78, 5) is 12.7. The van der Waals surface area contributed by atoms with Crippen LogP contribution in [0.5, 0.6) is 5.75 Å². The van der Waals surface area contributed by atoms with Gasteiger partial charge in [0, 0.05) is 11.3 Å². The van der Waals surface area contributed by atoms with Gasteiger partial charge in [0.2, 0.25) is 0 Å². The van der Waals surface area contributed by atoms with Crippen molar-refractivity contribution >= 4 is 17.3 Å². The van der Waals surface area contributed by atoms with Gasteiger partial charge in [0.1, 0.15) is 5.75 Å². The highest BCUT2D eigenvalue weighted by molar-refractivity contribution is 6.02. The maximum absolute atomic E-state index is 12.7. The number of carbonyl (C=O) groups excluding carboxylic acids is 1. The van der Waals surface area contributed by atoms with Crippen molar-refractivity contribution in [2.75, 3.05) is 11.9 Å². The molecule has 3 aromatic carbocycles. The number of carbonyl (C=O) groups is 1. The topological polar surface area (TPSA) is 58.6 Å². The Bertz CT molecular complexity index is 965. The van der Waals surface area contributed by atoms with E-state index in [1.54, 1.807) is 13.0 Å². The smallest absolute Gasteiger partial charge is 0.339 e. The summed E-state index contributed by atoms with van der Waals surface area (Å²) in [5, 5.41) is 14.0. The molecule has 0 atom stereocenters. The summed E-state index contributed by atoms with van der Waals surface area (Å²) in [5.74, 6) is -0.315. The van der Waals surface area contributed by atoms with Crippen molar-refractivity contribution in [3.63, 3.8) is 0 Å². The van der Waals surface area contributed by atoms with Gasteiger partial charge in [-0.05, 0) is 49.6 Å². The molecule has 3 rings (SSSR count). The fourth-order valence-electron chi connectivity index (χ4n) is 3.12. The minimum Gasteiger partial charge on any atom is -0.506 e. The van der Waals surface area contributed by atoms with E-state index in [9.17, 15) is 9.90 Å². The number of esters is 1. The zero-order chi connectivity index (χ0) is 19.4. The van der Waals surface area contributed by atoms with Crippen LogP contribution in [0.15, 0.2) is 60.7 Å². The van der Waals surface area contributed by atoms with Gasteiger partial charge in [0.15, 0.2) is 0 Å². The lowest BCUT2D eigenvalue weighted by Gasteiger charge is -2.19. The molecule has 0 bridgehead atoms. The summed E-state index contributed by atoms with van der Waals surface area (Å²) >= 11 is 0. The third-order valence-corrected chi connectivity index (χ3v) is 4.53. The first-order valence-corrected chi connectivity index (χ1v) is 8.94. The fraction of sp³-hybridized carbons (Fsp3) is 0.174. The van der Waals surface area contributed by atoms with Gasteiger partial charge < -0.3 is 15.2 Å². The minimum absolute atomic E-state index is 0.0858. The van der Waals surface area contributed by atoms with E-state index in [1.165, 1.54) is 0 Å². The van der Waals surface area contributed by atoms with E-state index in [1.807, 2.05) is 68.4 Å². The number of nitrogens with one attached hydrogen (secondary N) is 1. The maximum Gasteiger partial charge on any atom is 0.339 e. The lowest BCUT2D eigenvalue weighted by Crippen LogP contribution is -2.10. The second kappa shape index (κ2) is 7.96. The predicted molar refractivity (Wildman–Crippen MR) is 109 cm³/mol. The molecule has 0 aromatic heterocycles. The van der Waals surface area contributed by atoms with Crippen LogP contribution in [-0.2, 0) is 4.74 Å². The van der Waals surface area contributed by atoms with E-state index in [0.717, 1.165) is 16.8 Å². The lowest BCUT2D eigenvalue weighted by atomic mass is 9.93. The van der Waals surface area contributed by atoms with Gasteiger partial charge in [-0.25, -0.2) is 4.79 Å². The average molecular weight is 361 g/mol. The van der Waals surface area contributed by atoms with Crippen LogP contribution in [0, 0.1) is 13.8 Å². The third kappa shape index (κ3) is 3.80. The van der Waals surface area contributed by atoms with Gasteiger partial charge >= 0.3 is 5.97 Å². The SMILES string of the molecule is CCOC(=O)c1c(-c2ccccc2)cc(O)c(Nc2ccccc2C)c1C. The Balaban J connectivity index is 2.18. The number of ether oxygens (including phenoxy) is 1. The molecule has 138 valence electrons. The van der Waals surface area contributed by atoms with Crippen LogP contribution in [0.25, 0.3) is 11.1 Å². The Morgan fingerprint density at radius 2 is 1.70 bits per heavy atom. The molecular formula is C23H23NO3. The van der Waals surface area contributed by atoms with Crippen LogP contribution in [0.4, 0.5) is 11.4 Å². The molecule has 2 N–H and O–H groups in total. The standard InChI is InChI=1S/C23H23NO3/c1-4-27-23(26)21-16(3)22(24-19-13-9-8-10-15(19)2)20(25)14-18(21)17-11-6-5-7-12-17/h5-14,24-25H,4H2,1-3H3. The molecule has 4 nitrogen and oxygen atoms in total. The van der Waals surface area contributed by atoms with Crippen LogP contribution >= 0.6 is 0 Å². The van der Waals surface area contributed by atoms with Crippen molar-refractivity contribution < 1.29 is 14.6 Å². The Labute approximate surface area is 159 Å². The second-order valence-corrected chi connectivity index (χ2v) is 6.34. The number of aromatic hydroxyl groups is 1. The van der Waals surface area contributed by atoms with Crippen molar-refractivity contribution in [2.45, 2.75) is 20.8 Å². The van der Waals surface area contributed by atoms with Crippen molar-refractivity contribution in [1.82, 2.24) is 0 Å². The molecule has 0 radical (unpaired) electrons. The van der Waals surface area contributed by atoms with Gasteiger partial charge in [-0.3, -0.25) is 0 Å². The van der Waals surface area contributed by atoms with Crippen molar-refractivity contribution in [1.29, 1.82) is 0 Å². The molecule has 0 spiro atoms. The van der Waals surface area contributed by atoms with E-state index >= 15 is 0 Å². The molecule has 0 aliphatic carbocycles. The number of para-hydroxylation sites is 1.